The van der Waals surface area contributed by atoms with Gasteiger partial charge >= 0.3 is 5.76 Å². The number of nitrogens with one attached hydrogen (secondary N) is 1. The first-order valence-corrected chi connectivity index (χ1v) is 6.72. The number of H-pyrrole nitrogens is 1. The molecule has 3 aromatic rings. The molecule has 5 nitrogen and oxygen atoms in total. The molecule has 23 heavy (non-hydrogen) atoms. The van der Waals surface area contributed by atoms with Crippen molar-refractivity contribution in [2.45, 2.75) is 12.8 Å². The fraction of sp³-hybridized carbons (Fsp3) is 0.133. The zero-order valence-corrected chi connectivity index (χ0v) is 12.4. The largest absolute Gasteiger partial charge is 0.417 e. The molecule has 0 saturated carbocycles. The molecule has 116 valence electrons. The van der Waals surface area contributed by atoms with Gasteiger partial charge in [0.1, 0.15) is 16.9 Å². The van der Waals surface area contributed by atoms with Crippen molar-refractivity contribution >= 4 is 22.7 Å². The van der Waals surface area contributed by atoms with Crippen LogP contribution in [-0.2, 0) is 5.92 Å². The maximum Gasteiger partial charge on any atom is 0.417 e. The standard InChI is InChI=1S/C15H8ClF2N3O2/c1-3-9-13(15(2,17)18)19-6-10(20-9)7-4-5-8(16)11-12(7)23-14(22)21-11/h1,4-6H,2H3,(H,21,22). The molecule has 0 amide bonds. The maximum absolute atomic E-state index is 13.5. The Hall–Kier alpha value is -2.72. The lowest BCUT2D eigenvalue weighted by Crippen LogP contribution is -2.14. The summed E-state index contributed by atoms with van der Waals surface area (Å²) >= 11 is 5.98. The summed E-state index contributed by atoms with van der Waals surface area (Å²) in [5.41, 5.74) is 0.104. The summed E-state index contributed by atoms with van der Waals surface area (Å²) in [7, 11) is 0. The quantitative estimate of drug-likeness (QED) is 0.729. The van der Waals surface area contributed by atoms with Crippen molar-refractivity contribution in [1.82, 2.24) is 15.0 Å². The van der Waals surface area contributed by atoms with Crippen molar-refractivity contribution in [1.29, 1.82) is 0 Å². The minimum Gasteiger partial charge on any atom is -0.407 e. The van der Waals surface area contributed by atoms with Gasteiger partial charge < -0.3 is 4.42 Å². The van der Waals surface area contributed by atoms with Gasteiger partial charge in [0.25, 0.3) is 5.92 Å². The predicted molar refractivity (Wildman–Crippen MR) is 80.4 cm³/mol. The van der Waals surface area contributed by atoms with Crippen LogP contribution in [0.15, 0.2) is 27.5 Å². The van der Waals surface area contributed by atoms with Gasteiger partial charge in [-0.2, -0.15) is 8.78 Å². The summed E-state index contributed by atoms with van der Waals surface area (Å²) in [6.07, 6.45) is 6.39. The van der Waals surface area contributed by atoms with Crippen LogP contribution in [0.5, 0.6) is 0 Å². The third-order valence-electron chi connectivity index (χ3n) is 3.13. The van der Waals surface area contributed by atoms with Crippen molar-refractivity contribution < 1.29 is 13.2 Å². The molecule has 0 atom stereocenters. The fourth-order valence-electron chi connectivity index (χ4n) is 2.14. The van der Waals surface area contributed by atoms with Crippen LogP contribution in [0.3, 0.4) is 0 Å². The van der Waals surface area contributed by atoms with Crippen LogP contribution >= 0.6 is 11.6 Å². The Morgan fingerprint density at radius 2 is 2.17 bits per heavy atom. The van der Waals surface area contributed by atoms with Crippen molar-refractivity contribution in [2.24, 2.45) is 0 Å². The number of rotatable bonds is 2. The minimum absolute atomic E-state index is 0.149. The summed E-state index contributed by atoms with van der Waals surface area (Å²) in [4.78, 5) is 21.6. The van der Waals surface area contributed by atoms with Crippen molar-refractivity contribution in [3.8, 4) is 23.6 Å². The van der Waals surface area contributed by atoms with Gasteiger partial charge in [0.05, 0.1) is 16.9 Å². The number of alkyl halides is 2. The van der Waals surface area contributed by atoms with Gasteiger partial charge in [-0.05, 0) is 18.1 Å². The highest BCUT2D eigenvalue weighted by molar-refractivity contribution is 6.35. The number of aromatic amines is 1. The molecular weight excluding hydrogens is 328 g/mol. The molecule has 1 aromatic carbocycles. The number of aromatic nitrogens is 3. The Balaban J connectivity index is 2.27. The Morgan fingerprint density at radius 1 is 1.43 bits per heavy atom. The SMILES string of the molecule is C#Cc1nc(-c2ccc(Cl)c3[nH]c(=O)oc23)cnc1C(C)(F)F. The second-order valence-corrected chi connectivity index (χ2v) is 5.21. The summed E-state index contributed by atoms with van der Waals surface area (Å²) in [5.74, 6) is -1.82. The van der Waals surface area contributed by atoms with E-state index in [1.54, 1.807) is 0 Å². The van der Waals surface area contributed by atoms with E-state index in [9.17, 15) is 13.6 Å². The average Bonchev–Trinajstić information content (AvgIpc) is 2.88. The number of terminal acetylenes is 1. The van der Waals surface area contributed by atoms with Gasteiger partial charge in [-0.15, -0.1) is 6.42 Å². The van der Waals surface area contributed by atoms with Crippen molar-refractivity contribution in [2.75, 3.05) is 0 Å². The third-order valence-corrected chi connectivity index (χ3v) is 3.44. The van der Waals surface area contributed by atoms with Gasteiger partial charge in [-0.1, -0.05) is 11.6 Å². The molecule has 0 spiro atoms. The van der Waals surface area contributed by atoms with Crippen LogP contribution in [0.2, 0.25) is 5.02 Å². The van der Waals surface area contributed by atoms with Gasteiger partial charge in [0.15, 0.2) is 5.58 Å². The van der Waals surface area contributed by atoms with E-state index < -0.39 is 17.4 Å². The number of fused-ring (bicyclic) bond motifs is 1. The molecule has 3 rings (SSSR count). The first-order valence-electron chi connectivity index (χ1n) is 6.35. The summed E-state index contributed by atoms with van der Waals surface area (Å²) in [6, 6.07) is 3.06. The maximum atomic E-state index is 13.5. The number of benzene rings is 1. The van der Waals surface area contributed by atoms with E-state index >= 15 is 0 Å². The molecule has 0 bridgehead atoms. The summed E-state index contributed by atoms with van der Waals surface area (Å²) < 4.78 is 32.0. The molecule has 2 aromatic heterocycles. The van der Waals surface area contributed by atoms with Crippen LogP contribution in [0, 0.1) is 12.3 Å². The molecule has 0 saturated heterocycles. The molecular formula is C15H8ClF2N3O2. The average molecular weight is 336 g/mol. The van der Waals surface area contributed by atoms with E-state index in [4.69, 9.17) is 22.4 Å². The van der Waals surface area contributed by atoms with Gasteiger partial charge in [0, 0.05) is 12.5 Å². The Kier molecular flexibility index (Phi) is 3.42. The number of hydrogen-bond acceptors (Lipinski definition) is 4. The highest BCUT2D eigenvalue weighted by Gasteiger charge is 2.30. The number of nitrogens with zero attached hydrogens (tertiary/aromatic N) is 2. The van der Waals surface area contributed by atoms with Crippen molar-refractivity contribution in [3.05, 3.63) is 45.3 Å². The molecule has 2 heterocycles. The van der Waals surface area contributed by atoms with Gasteiger partial charge in [-0.3, -0.25) is 4.98 Å². The predicted octanol–water partition coefficient (Wildman–Crippen LogP) is 3.32. The second kappa shape index (κ2) is 5.18. The lowest BCUT2D eigenvalue weighted by atomic mass is 10.1. The third kappa shape index (κ3) is 2.58. The molecule has 0 unspecified atom stereocenters. The highest BCUT2D eigenvalue weighted by atomic mass is 35.5. The Bertz CT molecular complexity index is 1010. The Morgan fingerprint density at radius 3 is 2.83 bits per heavy atom. The monoisotopic (exact) mass is 335 g/mol. The van der Waals surface area contributed by atoms with Gasteiger partial charge in [-0.25, -0.2) is 14.8 Å². The number of halogens is 3. The van der Waals surface area contributed by atoms with Crippen LogP contribution in [0.25, 0.3) is 22.4 Å². The molecule has 0 fully saturated rings. The zero-order chi connectivity index (χ0) is 16.8. The van der Waals surface area contributed by atoms with E-state index in [2.05, 4.69) is 20.9 Å². The second-order valence-electron chi connectivity index (χ2n) is 4.80. The van der Waals surface area contributed by atoms with E-state index in [0.29, 0.717) is 12.5 Å². The van der Waals surface area contributed by atoms with E-state index in [-0.39, 0.29) is 27.5 Å². The number of oxazole rings is 1. The lowest BCUT2D eigenvalue weighted by Gasteiger charge is -2.12. The van der Waals surface area contributed by atoms with E-state index in [1.165, 1.54) is 12.1 Å². The fourth-order valence-corrected chi connectivity index (χ4v) is 2.34. The summed E-state index contributed by atoms with van der Waals surface area (Å²) in [5, 5.41) is 0.274. The van der Waals surface area contributed by atoms with Crippen molar-refractivity contribution in [3.63, 3.8) is 0 Å². The smallest absolute Gasteiger partial charge is 0.407 e. The molecule has 0 aliphatic carbocycles. The van der Waals surface area contributed by atoms with E-state index in [1.807, 2.05) is 0 Å². The van der Waals surface area contributed by atoms with Crippen LogP contribution in [0.1, 0.15) is 18.3 Å². The zero-order valence-electron chi connectivity index (χ0n) is 11.7. The van der Waals surface area contributed by atoms with Gasteiger partial charge in [0.2, 0.25) is 0 Å². The molecule has 0 aliphatic rings. The van der Waals surface area contributed by atoms with Crippen LogP contribution in [-0.4, -0.2) is 15.0 Å². The number of hydrogen-bond donors (Lipinski definition) is 1. The molecule has 0 aliphatic heterocycles. The van der Waals surface area contributed by atoms with Crippen LogP contribution < -0.4 is 5.76 Å². The lowest BCUT2D eigenvalue weighted by molar-refractivity contribution is 0.0121. The molecule has 0 radical (unpaired) electrons. The normalized spacial score (nSPS) is 11.6. The minimum atomic E-state index is -3.22. The topological polar surface area (TPSA) is 71.8 Å². The van der Waals surface area contributed by atoms with E-state index in [0.717, 1.165) is 6.20 Å². The highest BCUT2D eigenvalue weighted by Crippen LogP contribution is 2.32. The molecule has 8 heteroatoms. The first kappa shape index (κ1) is 15.2. The Labute approximate surface area is 133 Å². The van der Waals surface area contributed by atoms with Crippen LogP contribution in [0.4, 0.5) is 8.78 Å². The first-order chi connectivity index (χ1) is 10.8. The molecule has 1 N–H and O–H groups in total. The summed E-state index contributed by atoms with van der Waals surface area (Å²) in [6.45, 7) is 0.684.